The first-order valence-corrected chi connectivity index (χ1v) is 13.0. The molecule has 0 aliphatic carbocycles. The van der Waals surface area contributed by atoms with E-state index in [0.717, 1.165) is 37.9 Å². The van der Waals surface area contributed by atoms with Gasteiger partial charge in [0.15, 0.2) is 0 Å². The van der Waals surface area contributed by atoms with Gasteiger partial charge in [-0.2, -0.15) is 9.57 Å². The molecule has 0 saturated carbocycles. The van der Waals surface area contributed by atoms with Crippen LogP contribution in [0.15, 0.2) is 53.4 Å². The van der Waals surface area contributed by atoms with E-state index in [2.05, 4.69) is 11.0 Å². The van der Waals surface area contributed by atoms with Crippen LogP contribution in [0.25, 0.3) is 0 Å². The number of carbonyl (C=O) groups excluding carboxylic acids is 1. The molecule has 2 aromatic rings. The van der Waals surface area contributed by atoms with Gasteiger partial charge in [0.25, 0.3) is 5.91 Å². The van der Waals surface area contributed by atoms with Gasteiger partial charge in [-0.1, -0.05) is 12.5 Å². The van der Waals surface area contributed by atoms with Crippen molar-refractivity contribution in [1.82, 2.24) is 9.21 Å². The number of nitrogens with zero attached hydrogens (tertiary/aromatic N) is 4. The van der Waals surface area contributed by atoms with Crippen LogP contribution in [0.1, 0.15) is 48.5 Å². The summed E-state index contributed by atoms with van der Waals surface area (Å²) in [5.41, 5.74) is 2.07. The van der Waals surface area contributed by atoms with E-state index in [1.54, 1.807) is 39.5 Å². The van der Waals surface area contributed by atoms with Crippen molar-refractivity contribution in [1.29, 1.82) is 5.26 Å². The van der Waals surface area contributed by atoms with E-state index in [0.29, 0.717) is 37.3 Å². The average molecular weight is 467 g/mol. The maximum Gasteiger partial charge on any atom is 0.253 e. The molecule has 0 bridgehead atoms. The smallest absolute Gasteiger partial charge is 0.253 e. The molecule has 0 radical (unpaired) electrons. The van der Waals surface area contributed by atoms with Crippen molar-refractivity contribution in [3.05, 3.63) is 59.7 Å². The van der Waals surface area contributed by atoms with Gasteiger partial charge in [0, 0.05) is 50.0 Å². The number of benzene rings is 2. The van der Waals surface area contributed by atoms with Crippen molar-refractivity contribution in [3.8, 4) is 6.07 Å². The van der Waals surface area contributed by atoms with Crippen molar-refractivity contribution in [2.45, 2.75) is 43.5 Å². The standard InChI is InChI=1S/C25H30N4O3S/c1-20-6-2-3-15-29(20)33(31,32)24-8-4-7-22(18-24)25(30)28-14-5-13-27(16-17-28)23-11-9-21(19-26)10-12-23/h4,7-12,18,20H,2-3,5-6,13-17H2,1H3. The van der Waals surface area contributed by atoms with Gasteiger partial charge in [-0.05, 0) is 68.7 Å². The molecule has 2 heterocycles. The van der Waals surface area contributed by atoms with Gasteiger partial charge in [-0.15, -0.1) is 0 Å². The number of hydrogen-bond donors (Lipinski definition) is 0. The van der Waals surface area contributed by atoms with E-state index in [9.17, 15) is 13.2 Å². The zero-order valence-electron chi connectivity index (χ0n) is 19.0. The number of sulfonamides is 1. The van der Waals surface area contributed by atoms with Crippen LogP contribution >= 0.6 is 0 Å². The van der Waals surface area contributed by atoms with Gasteiger partial charge in [-0.25, -0.2) is 8.42 Å². The van der Waals surface area contributed by atoms with E-state index >= 15 is 0 Å². The van der Waals surface area contributed by atoms with Gasteiger partial charge in [-0.3, -0.25) is 4.79 Å². The minimum atomic E-state index is -3.62. The molecule has 0 N–H and O–H groups in total. The Morgan fingerprint density at radius 2 is 1.76 bits per heavy atom. The molecule has 0 spiro atoms. The molecule has 1 amide bonds. The molecular weight excluding hydrogens is 436 g/mol. The van der Waals surface area contributed by atoms with Crippen molar-refractivity contribution >= 4 is 21.6 Å². The maximum atomic E-state index is 13.3. The minimum Gasteiger partial charge on any atom is -0.370 e. The predicted octanol–water partition coefficient (Wildman–Crippen LogP) is 3.47. The normalized spacial score (nSPS) is 20.2. The molecule has 0 aromatic heterocycles. The summed E-state index contributed by atoms with van der Waals surface area (Å²) in [7, 11) is -3.62. The van der Waals surface area contributed by atoms with Crippen LogP contribution < -0.4 is 4.90 Å². The second-order valence-corrected chi connectivity index (χ2v) is 10.7. The first-order valence-electron chi connectivity index (χ1n) is 11.6. The van der Waals surface area contributed by atoms with Crippen LogP contribution in [0, 0.1) is 11.3 Å². The predicted molar refractivity (Wildman–Crippen MR) is 128 cm³/mol. The SMILES string of the molecule is CC1CCCCN1S(=O)(=O)c1cccc(C(=O)N2CCCN(c3ccc(C#N)cc3)CC2)c1. The number of piperidine rings is 1. The number of rotatable bonds is 4. The molecule has 1 unspecified atom stereocenters. The highest BCUT2D eigenvalue weighted by Crippen LogP contribution is 2.26. The van der Waals surface area contributed by atoms with Crippen molar-refractivity contribution in [3.63, 3.8) is 0 Å². The summed E-state index contributed by atoms with van der Waals surface area (Å²) in [6.07, 6.45) is 3.59. The molecule has 2 aliphatic heterocycles. The molecule has 2 fully saturated rings. The molecule has 2 aromatic carbocycles. The highest BCUT2D eigenvalue weighted by molar-refractivity contribution is 7.89. The molecule has 7 nitrogen and oxygen atoms in total. The molecule has 2 saturated heterocycles. The van der Waals surface area contributed by atoms with Crippen LogP contribution in [0.2, 0.25) is 0 Å². The summed E-state index contributed by atoms with van der Waals surface area (Å²) in [4.78, 5) is 17.5. The Morgan fingerprint density at radius 1 is 0.970 bits per heavy atom. The van der Waals surface area contributed by atoms with Crippen LogP contribution in [0.5, 0.6) is 0 Å². The van der Waals surface area contributed by atoms with Crippen LogP contribution in [-0.4, -0.2) is 62.3 Å². The number of nitriles is 1. The van der Waals surface area contributed by atoms with Crippen LogP contribution in [-0.2, 0) is 10.0 Å². The van der Waals surface area contributed by atoms with Gasteiger partial charge in [0.05, 0.1) is 16.5 Å². The topological polar surface area (TPSA) is 84.7 Å². The van der Waals surface area contributed by atoms with Gasteiger partial charge in [0.1, 0.15) is 0 Å². The fourth-order valence-corrected chi connectivity index (χ4v) is 6.41. The zero-order valence-corrected chi connectivity index (χ0v) is 19.8. The van der Waals surface area contributed by atoms with E-state index in [1.807, 2.05) is 19.1 Å². The lowest BCUT2D eigenvalue weighted by molar-refractivity contribution is 0.0766. The van der Waals surface area contributed by atoms with E-state index in [1.165, 1.54) is 6.07 Å². The Balaban J connectivity index is 1.47. The Morgan fingerprint density at radius 3 is 2.48 bits per heavy atom. The van der Waals surface area contributed by atoms with E-state index < -0.39 is 10.0 Å². The fraction of sp³-hybridized carbons (Fsp3) is 0.440. The summed E-state index contributed by atoms with van der Waals surface area (Å²) < 4.78 is 28.0. The number of anilines is 1. The van der Waals surface area contributed by atoms with Crippen molar-refractivity contribution in [2.75, 3.05) is 37.6 Å². The third-order valence-corrected chi connectivity index (χ3v) is 8.58. The Bertz CT molecular complexity index is 1140. The lowest BCUT2D eigenvalue weighted by Gasteiger charge is -2.32. The maximum absolute atomic E-state index is 13.3. The summed E-state index contributed by atoms with van der Waals surface area (Å²) >= 11 is 0. The van der Waals surface area contributed by atoms with Gasteiger partial charge >= 0.3 is 0 Å². The van der Waals surface area contributed by atoms with E-state index in [4.69, 9.17) is 5.26 Å². The fourth-order valence-electron chi connectivity index (χ4n) is 4.66. The summed E-state index contributed by atoms with van der Waals surface area (Å²) in [6.45, 7) is 5.14. The molecular formula is C25H30N4O3S. The Hall–Kier alpha value is -2.89. The number of amides is 1. The van der Waals surface area contributed by atoms with Crippen molar-refractivity contribution < 1.29 is 13.2 Å². The zero-order chi connectivity index (χ0) is 23.4. The molecule has 33 heavy (non-hydrogen) atoms. The quantitative estimate of drug-likeness (QED) is 0.689. The summed E-state index contributed by atoms with van der Waals surface area (Å²) in [5, 5.41) is 9.00. The summed E-state index contributed by atoms with van der Waals surface area (Å²) in [6, 6.07) is 16.1. The average Bonchev–Trinajstić information content (AvgIpc) is 3.10. The second kappa shape index (κ2) is 9.94. The molecule has 2 aliphatic rings. The Kier molecular flexibility index (Phi) is 7.01. The largest absolute Gasteiger partial charge is 0.370 e. The molecule has 1 atom stereocenters. The third-order valence-electron chi connectivity index (χ3n) is 6.57. The lowest BCUT2D eigenvalue weighted by Crippen LogP contribution is -2.42. The van der Waals surface area contributed by atoms with Gasteiger partial charge < -0.3 is 9.80 Å². The molecule has 4 rings (SSSR count). The highest BCUT2D eigenvalue weighted by Gasteiger charge is 2.31. The molecule has 174 valence electrons. The van der Waals surface area contributed by atoms with Crippen LogP contribution in [0.3, 0.4) is 0 Å². The minimum absolute atomic E-state index is 0.0260. The first-order chi connectivity index (χ1) is 15.9. The summed E-state index contributed by atoms with van der Waals surface area (Å²) in [5.74, 6) is -0.138. The lowest BCUT2D eigenvalue weighted by atomic mass is 10.1. The number of hydrogen-bond acceptors (Lipinski definition) is 5. The second-order valence-electron chi connectivity index (χ2n) is 8.78. The number of carbonyl (C=O) groups is 1. The first kappa shape index (κ1) is 23.3. The van der Waals surface area contributed by atoms with E-state index in [-0.39, 0.29) is 16.8 Å². The monoisotopic (exact) mass is 466 g/mol. The third kappa shape index (κ3) is 5.05. The van der Waals surface area contributed by atoms with Gasteiger partial charge in [0.2, 0.25) is 10.0 Å². The highest BCUT2D eigenvalue weighted by atomic mass is 32.2. The van der Waals surface area contributed by atoms with Crippen LogP contribution in [0.4, 0.5) is 5.69 Å². The van der Waals surface area contributed by atoms with Crippen molar-refractivity contribution in [2.24, 2.45) is 0 Å². The molecule has 8 heteroatoms. The Labute approximate surface area is 196 Å².